The van der Waals surface area contributed by atoms with Crippen LogP contribution in [-0.2, 0) is 7.05 Å². The molecule has 1 rings (SSSR count). The molecule has 0 saturated heterocycles. The van der Waals surface area contributed by atoms with E-state index in [4.69, 9.17) is 16.7 Å². The van der Waals surface area contributed by atoms with Gasteiger partial charge in [-0.05, 0) is 0 Å². The zero-order valence-corrected chi connectivity index (χ0v) is 6.02. The molecule has 0 atom stereocenters. The molecule has 0 amide bonds. The Bertz CT molecular complexity index is 289. The van der Waals surface area contributed by atoms with E-state index in [0.717, 1.165) is 0 Å². The van der Waals surface area contributed by atoms with Crippen molar-refractivity contribution in [3.05, 3.63) is 12.0 Å². The molecule has 0 aliphatic rings. The first kappa shape index (κ1) is 7.39. The fraction of sp³-hybridized carbons (Fsp3) is 0.200. The van der Waals surface area contributed by atoms with Crippen LogP contribution in [0.2, 0.25) is 0 Å². The Morgan fingerprint density at radius 2 is 2.45 bits per heavy atom. The number of hydrogen-bond acceptors (Lipinski definition) is 4. The lowest BCUT2D eigenvalue weighted by Gasteiger charge is -1.95. The summed E-state index contributed by atoms with van der Waals surface area (Å²) in [6, 6.07) is 0. The van der Waals surface area contributed by atoms with Crippen LogP contribution in [0.5, 0.6) is 0 Å². The summed E-state index contributed by atoms with van der Waals surface area (Å²) in [5.74, 6) is 0.295. The highest BCUT2D eigenvalue weighted by molar-refractivity contribution is 5.99. The van der Waals surface area contributed by atoms with Gasteiger partial charge in [-0.25, -0.2) is 4.98 Å². The standard InChI is InChI=1S/C5H9N5O/c1-10-2-8-3(5(10)7)4(6)9-11/h2,11H,7H2,1H3,(H2,6,9). The van der Waals surface area contributed by atoms with Gasteiger partial charge >= 0.3 is 0 Å². The van der Waals surface area contributed by atoms with E-state index >= 15 is 0 Å². The Kier molecular flexibility index (Phi) is 1.67. The molecule has 0 unspecified atom stereocenters. The third-order valence-corrected chi connectivity index (χ3v) is 1.33. The number of aromatic nitrogens is 2. The van der Waals surface area contributed by atoms with Crippen molar-refractivity contribution in [3.63, 3.8) is 0 Å². The van der Waals surface area contributed by atoms with E-state index in [1.165, 1.54) is 6.33 Å². The smallest absolute Gasteiger partial charge is 0.192 e. The van der Waals surface area contributed by atoms with Gasteiger partial charge in [0.15, 0.2) is 11.5 Å². The van der Waals surface area contributed by atoms with Crippen LogP contribution in [0.1, 0.15) is 5.69 Å². The highest BCUT2D eigenvalue weighted by atomic mass is 16.4. The van der Waals surface area contributed by atoms with Gasteiger partial charge in [-0.15, -0.1) is 0 Å². The van der Waals surface area contributed by atoms with E-state index in [2.05, 4.69) is 10.1 Å². The Morgan fingerprint density at radius 3 is 2.82 bits per heavy atom. The molecule has 1 aromatic heterocycles. The second kappa shape index (κ2) is 2.49. The van der Waals surface area contributed by atoms with Gasteiger partial charge < -0.3 is 21.2 Å². The molecule has 0 aliphatic heterocycles. The second-order valence-electron chi connectivity index (χ2n) is 2.07. The lowest BCUT2D eigenvalue weighted by Crippen LogP contribution is -2.16. The molecule has 0 radical (unpaired) electrons. The molecule has 5 N–H and O–H groups in total. The van der Waals surface area contributed by atoms with Gasteiger partial charge in [-0.1, -0.05) is 5.16 Å². The largest absolute Gasteiger partial charge is 0.409 e. The molecule has 0 spiro atoms. The third-order valence-electron chi connectivity index (χ3n) is 1.33. The number of hydrogen-bond donors (Lipinski definition) is 3. The number of anilines is 1. The molecular weight excluding hydrogens is 146 g/mol. The van der Waals surface area contributed by atoms with Gasteiger partial charge in [0, 0.05) is 7.05 Å². The number of oxime groups is 1. The van der Waals surface area contributed by atoms with Crippen LogP contribution in [0, 0.1) is 0 Å². The zero-order chi connectivity index (χ0) is 8.43. The summed E-state index contributed by atoms with van der Waals surface area (Å²) in [5, 5.41) is 11.1. The maximum Gasteiger partial charge on any atom is 0.192 e. The van der Waals surface area contributed by atoms with Crippen LogP contribution in [0.4, 0.5) is 5.82 Å². The quantitative estimate of drug-likeness (QED) is 0.211. The minimum atomic E-state index is -0.0805. The van der Waals surface area contributed by atoms with Crippen molar-refractivity contribution in [1.29, 1.82) is 0 Å². The molecule has 0 aromatic carbocycles. The van der Waals surface area contributed by atoms with Crippen LogP contribution in [0.25, 0.3) is 0 Å². The van der Waals surface area contributed by atoms with Crippen molar-refractivity contribution >= 4 is 11.7 Å². The Labute approximate surface area is 63.1 Å². The summed E-state index contributed by atoms with van der Waals surface area (Å²) in [7, 11) is 1.72. The number of nitrogens with two attached hydrogens (primary N) is 2. The number of aryl methyl sites for hydroxylation is 1. The first-order chi connectivity index (χ1) is 5.16. The summed E-state index contributed by atoms with van der Waals surface area (Å²) in [4.78, 5) is 3.81. The Balaban J connectivity index is 3.15. The minimum absolute atomic E-state index is 0.0805. The number of nitrogen functional groups attached to an aromatic ring is 1. The van der Waals surface area contributed by atoms with Crippen molar-refractivity contribution in [3.8, 4) is 0 Å². The van der Waals surface area contributed by atoms with Gasteiger partial charge in [-0.3, -0.25) is 0 Å². The number of amidine groups is 1. The SMILES string of the molecule is Cn1cnc(/C(N)=N/O)c1N. The molecule has 11 heavy (non-hydrogen) atoms. The van der Waals surface area contributed by atoms with E-state index in [0.29, 0.717) is 11.5 Å². The molecule has 0 aliphatic carbocycles. The molecule has 6 heteroatoms. The zero-order valence-electron chi connectivity index (χ0n) is 6.02. The third kappa shape index (κ3) is 1.09. The van der Waals surface area contributed by atoms with E-state index in [9.17, 15) is 0 Å². The highest BCUT2D eigenvalue weighted by Gasteiger charge is 2.08. The molecular formula is C5H9N5O. The van der Waals surface area contributed by atoms with Crippen LogP contribution < -0.4 is 11.5 Å². The van der Waals surface area contributed by atoms with Crippen LogP contribution in [0.15, 0.2) is 11.5 Å². The molecule has 0 fully saturated rings. The molecule has 60 valence electrons. The Hall–Kier alpha value is -1.72. The minimum Gasteiger partial charge on any atom is -0.409 e. The highest BCUT2D eigenvalue weighted by Crippen LogP contribution is 2.06. The van der Waals surface area contributed by atoms with Crippen molar-refractivity contribution in [2.75, 3.05) is 5.73 Å². The van der Waals surface area contributed by atoms with E-state index in [-0.39, 0.29) is 5.84 Å². The lowest BCUT2D eigenvalue weighted by atomic mass is 10.4. The molecule has 0 saturated carbocycles. The average Bonchev–Trinajstić information content (AvgIpc) is 2.32. The number of nitrogens with zero attached hydrogens (tertiary/aromatic N) is 3. The first-order valence-electron chi connectivity index (χ1n) is 2.91. The van der Waals surface area contributed by atoms with Gasteiger partial charge in [0.1, 0.15) is 5.82 Å². The first-order valence-corrected chi connectivity index (χ1v) is 2.91. The summed E-state index contributed by atoms with van der Waals surface area (Å²) in [6.07, 6.45) is 1.49. The lowest BCUT2D eigenvalue weighted by molar-refractivity contribution is 0.318. The van der Waals surface area contributed by atoms with Gasteiger partial charge in [0.25, 0.3) is 0 Å². The summed E-state index contributed by atoms with van der Waals surface area (Å²) >= 11 is 0. The summed E-state index contributed by atoms with van der Waals surface area (Å²) in [5.41, 5.74) is 11.1. The van der Waals surface area contributed by atoms with Gasteiger partial charge in [-0.2, -0.15) is 0 Å². The molecule has 6 nitrogen and oxygen atoms in total. The van der Waals surface area contributed by atoms with Crippen molar-refractivity contribution in [1.82, 2.24) is 9.55 Å². The normalized spacial score (nSPS) is 11.9. The van der Waals surface area contributed by atoms with Crippen LogP contribution in [0.3, 0.4) is 0 Å². The predicted molar refractivity (Wildman–Crippen MR) is 40.1 cm³/mol. The average molecular weight is 155 g/mol. The van der Waals surface area contributed by atoms with Crippen molar-refractivity contribution in [2.24, 2.45) is 17.9 Å². The fourth-order valence-corrected chi connectivity index (χ4v) is 0.684. The van der Waals surface area contributed by atoms with Crippen LogP contribution in [-0.4, -0.2) is 20.6 Å². The molecule has 0 bridgehead atoms. The summed E-state index contributed by atoms with van der Waals surface area (Å²) < 4.78 is 1.58. The van der Waals surface area contributed by atoms with E-state index in [1.54, 1.807) is 11.6 Å². The summed E-state index contributed by atoms with van der Waals surface area (Å²) in [6.45, 7) is 0. The fourth-order valence-electron chi connectivity index (χ4n) is 0.684. The number of imidazole rings is 1. The topological polar surface area (TPSA) is 102 Å². The van der Waals surface area contributed by atoms with E-state index < -0.39 is 0 Å². The van der Waals surface area contributed by atoms with Crippen molar-refractivity contribution in [2.45, 2.75) is 0 Å². The van der Waals surface area contributed by atoms with Gasteiger partial charge in [0.2, 0.25) is 0 Å². The maximum atomic E-state index is 8.28. The Morgan fingerprint density at radius 1 is 1.82 bits per heavy atom. The van der Waals surface area contributed by atoms with Crippen molar-refractivity contribution < 1.29 is 5.21 Å². The van der Waals surface area contributed by atoms with Gasteiger partial charge in [0.05, 0.1) is 6.33 Å². The predicted octanol–water partition coefficient (Wildman–Crippen LogP) is -0.903. The molecule has 1 aromatic rings. The second-order valence-corrected chi connectivity index (χ2v) is 2.07. The van der Waals surface area contributed by atoms with Crippen LogP contribution >= 0.6 is 0 Å². The van der Waals surface area contributed by atoms with E-state index in [1.807, 2.05) is 0 Å². The molecule has 1 heterocycles. The maximum absolute atomic E-state index is 8.28. The number of rotatable bonds is 1. The monoisotopic (exact) mass is 155 g/mol.